The van der Waals surface area contributed by atoms with Crippen molar-refractivity contribution in [3.63, 3.8) is 0 Å². The number of nitrogens with zero attached hydrogens (tertiary/aromatic N) is 1. The summed E-state index contributed by atoms with van der Waals surface area (Å²) in [6.07, 6.45) is 6.75. The Morgan fingerprint density at radius 3 is 1.65 bits per heavy atom. The molecule has 0 fully saturated rings. The SMILES string of the molecule is CCCC[n+]1ccccc1.F[P-](F)(F)(F)(F)F. The second-order valence-corrected chi connectivity index (χ2v) is 5.34. The van der Waals surface area contributed by atoms with E-state index in [4.69, 9.17) is 0 Å². The third kappa shape index (κ3) is 21.1. The van der Waals surface area contributed by atoms with E-state index in [0.717, 1.165) is 6.54 Å². The van der Waals surface area contributed by atoms with Crippen molar-refractivity contribution in [1.29, 1.82) is 0 Å². The predicted octanol–water partition coefficient (Wildman–Crippen LogP) is 5.16. The minimum atomic E-state index is -10.7. The van der Waals surface area contributed by atoms with Crippen LogP contribution in [0.5, 0.6) is 0 Å². The molecule has 0 atom stereocenters. The molecular weight excluding hydrogens is 267 g/mol. The zero-order valence-corrected chi connectivity index (χ0v) is 10.1. The van der Waals surface area contributed by atoms with Gasteiger partial charge in [-0.3, -0.25) is 0 Å². The van der Waals surface area contributed by atoms with E-state index in [1.165, 1.54) is 12.8 Å². The van der Waals surface area contributed by atoms with Gasteiger partial charge in [0.25, 0.3) is 0 Å². The molecule has 17 heavy (non-hydrogen) atoms. The van der Waals surface area contributed by atoms with Crippen molar-refractivity contribution in [1.82, 2.24) is 0 Å². The summed E-state index contributed by atoms with van der Waals surface area (Å²) >= 11 is 0. The molecule has 0 aromatic carbocycles. The van der Waals surface area contributed by atoms with E-state index in [2.05, 4.69) is 36.0 Å². The van der Waals surface area contributed by atoms with Crippen LogP contribution in [0, 0.1) is 0 Å². The Hall–Kier alpha value is -0.840. The molecule has 1 nitrogen and oxygen atoms in total. The van der Waals surface area contributed by atoms with Crippen LogP contribution in [0.2, 0.25) is 0 Å². The van der Waals surface area contributed by atoms with E-state index < -0.39 is 7.81 Å². The minimum absolute atomic E-state index is 1.15. The number of halogens is 6. The molecule has 1 rings (SSSR count). The molecular formula is C9H14F6NP. The molecule has 102 valence electrons. The van der Waals surface area contributed by atoms with E-state index in [9.17, 15) is 25.2 Å². The van der Waals surface area contributed by atoms with Crippen LogP contribution in [0.15, 0.2) is 30.6 Å². The topological polar surface area (TPSA) is 3.88 Å². The van der Waals surface area contributed by atoms with Crippen molar-refractivity contribution in [3.8, 4) is 0 Å². The van der Waals surface area contributed by atoms with Crippen LogP contribution in [0.25, 0.3) is 0 Å². The molecule has 0 bridgehead atoms. The van der Waals surface area contributed by atoms with Crippen molar-refractivity contribution < 1.29 is 29.7 Å². The Morgan fingerprint density at radius 2 is 1.29 bits per heavy atom. The number of rotatable bonds is 3. The third-order valence-corrected chi connectivity index (χ3v) is 1.55. The standard InChI is InChI=1S/C9H14N.F6P/c1-2-3-7-10-8-5-4-6-9-10;1-7(2,3,4,5)6/h4-6,8-9H,2-3,7H2,1H3;/q+1;-1. The number of aromatic nitrogens is 1. The molecule has 0 spiro atoms. The number of pyridine rings is 1. The summed E-state index contributed by atoms with van der Waals surface area (Å²) in [7, 11) is -10.7. The van der Waals surface area contributed by atoms with Crippen LogP contribution < -0.4 is 4.57 Å². The number of hydrogen-bond donors (Lipinski definition) is 0. The molecule has 0 saturated carbocycles. The summed E-state index contributed by atoms with van der Waals surface area (Å²) in [5.74, 6) is 0. The van der Waals surface area contributed by atoms with Crippen LogP contribution in [0.4, 0.5) is 25.2 Å². The van der Waals surface area contributed by atoms with Gasteiger partial charge < -0.3 is 0 Å². The van der Waals surface area contributed by atoms with Gasteiger partial charge in [-0.1, -0.05) is 19.4 Å². The summed E-state index contributed by atoms with van der Waals surface area (Å²) in [6, 6.07) is 6.17. The number of unbranched alkanes of at least 4 members (excludes halogenated alkanes) is 1. The average Bonchev–Trinajstić information content (AvgIpc) is 2.11. The summed E-state index contributed by atoms with van der Waals surface area (Å²) < 4.78 is 61.4. The molecule has 8 heteroatoms. The molecule has 0 radical (unpaired) electrons. The molecule has 1 aromatic rings. The van der Waals surface area contributed by atoms with E-state index in [-0.39, 0.29) is 0 Å². The summed E-state index contributed by atoms with van der Waals surface area (Å²) in [6.45, 7) is 3.36. The molecule has 0 aliphatic carbocycles. The van der Waals surface area contributed by atoms with Gasteiger partial charge >= 0.3 is 33.0 Å². The molecule has 0 N–H and O–H groups in total. The zero-order chi connectivity index (χ0) is 13.6. The normalized spacial score (nSPS) is 15.2. The number of aryl methyl sites for hydroxylation is 1. The molecule has 0 amide bonds. The molecule has 0 aliphatic rings. The first-order valence-electron chi connectivity index (χ1n) is 4.89. The van der Waals surface area contributed by atoms with Crippen molar-refractivity contribution in [2.45, 2.75) is 26.3 Å². The van der Waals surface area contributed by atoms with E-state index >= 15 is 0 Å². The molecule has 1 heterocycles. The first-order chi connectivity index (χ1) is 7.38. The summed E-state index contributed by atoms with van der Waals surface area (Å²) in [5.41, 5.74) is 0. The quantitative estimate of drug-likeness (QED) is 0.409. The van der Waals surface area contributed by atoms with Gasteiger partial charge in [-0.2, -0.15) is 0 Å². The first-order valence-corrected chi connectivity index (χ1v) is 6.92. The van der Waals surface area contributed by atoms with Crippen molar-refractivity contribution >= 4 is 7.81 Å². The first kappa shape index (κ1) is 16.2. The van der Waals surface area contributed by atoms with E-state index in [0.29, 0.717) is 0 Å². The number of hydrogen-bond acceptors (Lipinski definition) is 0. The van der Waals surface area contributed by atoms with Crippen LogP contribution in [-0.4, -0.2) is 0 Å². The molecule has 0 saturated heterocycles. The second-order valence-electron chi connectivity index (χ2n) is 3.43. The van der Waals surface area contributed by atoms with Gasteiger partial charge in [0.1, 0.15) is 6.54 Å². The van der Waals surface area contributed by atoms with E-state index in [1.807, 2.05) is 6.07 Å². The van der Waals surface area contributed by atoms with Gasteiger partial charge in [-0.25, -0.2) is 4.57 Å². The summed E-state index contributed by atoms with van der Waals surface area (Å²) in [4.78, 5) is 0. The van der Waals surface area contributed by atoms with Crippen molar-refractivity contribution in [2.75, 3.05) is 0 Å². The molecule has 0 unspecified atom stereocenters. The fraction of sp³-hybridized carbons (Fsp3) is 0.444. The van der Waals surface area contributed by atoms with Gasteiger partial charge in [0.15, 0.2) is 12.4 Å². The van der Waals surface area contributed by atoms with Crippen molar-refractivity contribution in [2.24, 2.45) is 0 Å². The summed E-state index contributed by atoms with van der Waals surface area (Å²) in [5, 5.41) is 0. The predicted molar refractivity (Wildman–Crippen MR) is 55.1 cm³/mol. The van der Waals surface area contributed by atoms with Crippen LogP contribution in [-0.2, 0) is 6.54 Å². The maximum atomic E-state index is 9.87. The fourth-order valence-electron chi connectivity index (χ4n) is 0.924. The van der Waals surface area contributed by atoms with Gasteiger partial charge in [0, 0.05) is 18.6 Å². The third-order valence-electron chi connectivity index (χ3n) is 1.55. The van der Waals surface area contributed by atoms with Crippen LogP contribution >= 0.6 is 7.81 Å². The Kier molecular flexibility index (Phi) is 4.56. The average molecular weight is 281 g/mol. The van der Waals surface area contributed by atoms with Crippen LogP contribution in [0.1, 0.15) is 19.8 Å². The fourth-order valence-corrected chi connectivity index (χ4v) is 0.924. The van der Waals surface area contributed by atoms with Gasteiger partial charge in [0.2, 0.25) is 0 Å². The van der Waals surface area contributed by atoms with Gasteiger partial charge in [0.05, 0.1) is 0 Å². The Balaban J connectivity index is 0.000000325. The molecule has 0 aliphatic heterocycles. The van der Waals surface area contributed by atoms with Crippen LogP contribution in [0.3, 0.4) is 0 Å². The van der Waals surface area contributed by atoms with Gasteiger partial charge in [-0.15, -0.1) is 0 Å². The Labute approximate surface area is 95.3 Å². The second kappa shape index (κ2) is 4.80. The zero-order valence-electron chi connectivity index (χ0n) is 9.17. The van der Waals surface area contributed by atoms with E-state index in [1.54, 1.807) is 0 Å². The molecule has 1 aromatic heterocycles. The monoisotopic (exact) mass is 281 g/mol. The Bertz CT molecular complexity index is 320. The maximum absolute atomic E-state index is 10.7. The van der Waals surface area contributed by atoms with Gasteiger partial charge in [-0.05, 0) is 0 Å². The van der Waals surface area contributed by atoms with Crippen molar-refractivity contribution in [3.05, 3.63) is 30.6 Å². The Morgan fingerprint density at radius 1 is 0.882 bits per heavy atom.